The summed E-state index contributed by atoms with van der Waals surface area (Å²) in [5, 5.41) is 1.69. The Morgan fingerprint density at radius 1 is 0.833 bits per heavy atom. The van der Waals surface area contributed by atoms with E-state index in [-0.39, 0.29) is 10.6 Å². The van der Waals surface area contributed by atoms with Crippen LogP contribution >= 0.6 is 34.8 Å². The third-order valence-corrected chi connectivity index (χ3v) is 5.86. The summed E-state index contributed by atoms with van der Waals surface area (Å²) in [5.41, 5.74) is 2.00. The zero-order chi connectivity index (χ0) is 21.3. The lowest BCUT2D eigenvalue weighted by Crippen LogP contribution is -2.18. The molecule has 0 amide bonds. The molecule has 1 aromatic heterocycles. The van der Waals surface area contributed by atoms with E-state index >= 15 is 0 Å². The molecule has 0 aliphatic heterocycles. The van der Waals surface area contributed by atoms with Crippen molar-refractivity contribution in [2.24, 2.45) is 0 Å². The first-order valence-corrected chi connectivity index (χ1v) is 10.2. The lowest BCUT2D eigenvalue weighted by atomic mass is 9.94. The fraction of sp³-hybridized carbons (Fsp3) is 0. The minimum absolute atomic E-state index is 0.0467. The second-order valence-electron chi connectivity index (χ2n) is 6.57. The van der Waals surface area contributed by atoms with Gasteiger partial charge in [-0.25, -0.2) is 0 Å². The number of ketones is 1. The molecule has 0 radical (unpaired) electrons. The van der Waals surface area contributed by atoms with E-state index in [0.717, 1.165) is 10.9 Å². The Labute approximate surface area is 187 Å². The number of aromatic amines is 1. The summed E-state index contributed by atoms with van der Waals surface area (Å²) in [4.78, 5) is 28.8. The van der Waals surface area contributed by atoms with Gasteiger partial charge in [-0.3, -0.25) is 9.59 Å². The number of nitrogens with one attached hydrogen (secondary N) is 1. The lowest BCUT2D eigenvalue weighted by molar-refractivity contribution is 0.104. The van der Waals surface area contributed by atoms with Crippen LogP contribution in [0.4, 0.5) is 0 Å². The minimum Gasteiger partial charge on any atom is -0.321 e. The quantitative estimate of drug-likeness (QED) is 0.204. The first kappa shape index (κ1) is 20.4. The molecule has 0 saturated carbocycles. The van der Waals surface area contributed by atoms with Gasteiger partial charge in [0.15, 0.2) is 5.78 Å². The lowest BCUT2D eigenvalue weighted by Gasteiger charge is -2.11. The fourth-order valence-electron chi connectivity index (χ4n) is 3.32. The molecule has 4 rings (SSSR count). The Balaban J connectivity index is 1.91. The summed E-state index contributed by atoms with van der Waals surface area (Å²) in [5.74, 6) is -0.465. The van der Waals surface area contributed by atoms with E-state index in [9.17, 15) is 9.59 Å². The van der Waals surface area contributed by atoms with Crippen molar-refractivity contribution in [1.29, 1.82) is 0 Å². The van der Waals surface area contributed by atoms with Crippen molar-refractivity contribution in [3.05, 3.63) is 109 Å². The molecule has 0 bridgehead atoms. The highest BCUT2D eigenvalue weighted by Crippen LogP contribution is 2.33. The summed E-state index contributed by atoms with van der Waals surface area (Å²) in [7, 11) is 0. The van der Waals surface area contributed by atoms with Gasteiger partial charge in [0.25, 0.3) is 5.56 Å². The van der Waals surface area contributed by atoms with Crippen LogP contribution in [0.5, 0.6) is 0 Å². The SMILES string of the molecule is O=C(/C=C/c1c(Cl)ccc(Cl)c1Cl)c1c(-c2ccccc2)c2ccccc2[nH]c1=O. The van der Waals surface area contributed by atoms with Crippen molar-refractivity contribution in [2.75, 3.05) is 0 Å². The molecule has 0 unspecified atom stereocenters. The van der Waals surface area contributed by atoms with Crippen LogP contribution in [0.25, 0.3) is 28.1 Å². The van der Waals surface area contributed by atoms with E-state index in [1.54, 1.807) is 18.2 Å². The Hall–Kier alpha value is -2.85. The van der Waals surface area contributed by atoms with E-state index in [2.05, 4.69) is 4.98 Å². The molecule has 0 fully saturated rings. The first-order valence-electron chi connectivity index (χ1n) is 9.03. The Morgan fingerprint density at radius 2 is 1.50 bits per heavy atom. The van der Waals surface area contributed by atoms with Crippen LogP contribution in [0.1, 0.15) is 15.9 Å². The van der Waals surface area contributed by atoms with E-state index in [0.29, 0.717) is 26.7 Å². The number of para-hydroxylation sites is 1. The van der Waals surface area contributed by atoms with Crippen LogP contribution in [0.3, 0.4) is 0 Å². The second kappa shape index (κ2) is 8.49. The number of hydrogen-bond donors (Lipinski definition) is 1. The smallest absolute Gasteiger partial charge is 0.260 e. The molecular formula is C24H14Cl3NO2. The van der Waals surface area contributed by atoms with Crippen LogP contribution < -0.4 is 5.56 Å². The topological polar surface area (TPSA) is 49.9 Å². The van der Waals surface area contributed by atoms with Crippen LogP contribution in [0, 0.1) is 0 Å². The van der Waals surface area contributed by atoms with Crippen molar-refractivity contribution in [3.63, 3.8) is 0 Å². The third kappa shape index (κ3) is 3.80. The van der Waals surface area contributed by atoms with Gasteiger partial charge in [0, 0.05) is 27.1 Å². The van der Waals surface area contributed by atoms with Crippen molar-refractivity contribution in [3.8, 4) is 11.1 Å². The number of pyridine rings is 1. The maximum Gasteiger partial charge on any atom is 0.260 e. The Morgan fingerprint density at radius 3 is 2.27 bits per heavy atom. The number of aromatic nitrogens is 1. The number of hydrogen-bond acceptors (Lipinski definition) is 2. The summed E-state index contributed by atoms with van der Waals surface area (Å²) in [6.07, 6.45) is 2.76. The average molecular weight is 455 g/mol. The highest BCUT2D eigenvalue weighted by molar-refractivity contribution is 6.44. The van der Waals surface area contributed by atoms with Gasteiger partial charge in [0.2, 0.25) is 0 Å². The number of H-pyrrole nitrogens is 1. The number of rotatable bonds is 4. The average Bonchev–Trinajstić information content (AvgIpc) is 2.76. The Bertz CT molecular complexity index is 1360. The van der Waals surface area contributed by atoms with Crippen LogP contribution in [-0.4, -0.2) is 10.8 Å². The van der Waals surface area contributed by atoms with Crippen LogP contribution in [-0.2, 0) is 0 Å². The molecular weight excluding hydrogens is 441 g/mol. The molecule has 0 aliphatic rings. The van der Waals surface area contributed by atoms with Gasteiger partial charge in [-0.05, 0) is 35.9 Å². The van der Waals surface area contributed by atoms with E-state index in [4.69, 9.17) is 34.8 Å². The van der Waals surface area contributed by atoms with Crippen molar-refractivity contribution in [2.45, 2.75) is 0 Å². The van der Waals surface area contributed by atoms with Gasteiger partial charge >= 0.3 is 0 Å². The van der Waals surface area contributed by atoms with Gasteiger partial charge < -0.3 is 4.98 Å². The van der Waals surface area contributed by atoms with E-state index in [1.807, 2.05) is 48.5 Å². The molecule has 0 atom stereocenters. The molecule has 1 N–H and O–H groups in total. The summed E-state index contributed by atoms with van der Waals surface area (Å²) >= 11 is 18.5. The number of allylic oxidation sites excluding steroid dienone is 1. The van der Waals surface area contributed by atoms with Gasteiger partial charge in [-0.15, -0.1) is 0 Å². The van der Waals surface area contributed by atoms with Gasteiger partial charge in [0.1, 0.15) is 0 Å². The molecule has 148 valence electrons. The summed E-state index contributed by atoms with van der Waals surface area (Å²) in [6.45, 7) is 0. The maximum absolute atomic E-state index is 13.2. The van der Waals surface area contributed by atoms with Gasteiger partial charge in [-0.2, -0.15) is 0 Å². The van der Waals surface area contributed by atoms with Gasteiger partial charge in [0.05, 0.1) is 15.6 Å². The summed E-state index contributed by atoms with van der Waals surface area (Å²) < 4.78 is 0. The molecule has 4 aromatic rings. The minimum atomic E-state index is -0.467. The molecule has 3 nitrogen and oxygen atoms in total. The largest absolute Gasteiger partial charge is 0.321 e. The highest BCUT2D eigenvalue weighted by Gasteiger charge is 2.19. The predicted octanol–water partition coefficient (Wildman–Crippen LogP) is 7.05. The highest BCUT2D eigenvalue weighted by atomic mass is 35.5. The van der Waals surface area contributed by atoms with Gasteiger partial charge in [-0.1, -0.05) is 83.3 Å². The van der Waals surface area contributed by atoms with Crippen molar-refractivity contribution >= 4 is 57.6 Å². The monoisotopic (exact) mass is 453 g/mol. The standard InChI is InChI=1S/C24H14Cl3NO2/c25-17-11-12-18(26)23(27)15(17)10-13-20(29)22-21(14-6-2-1-3-7-14)16-8-4-5-9-19(16)28-24(22)30/h1-13H,(H,28,30)/b13-10+. The second-order valence-corrected chi connectivity index (χ2v) is 7.76. The third-order valence-electron chi connectivity index (χ3n) is 4.71. The molecule has 3 aromatic carbocycles. The molecule has 6 heteroatoms. The van der Waals surface area contributed by atoms with Crippen LogP contribution in [0.2, 0.25) is 15.1 Å². The zero-order valence-corrected chi connectivity index (χ0v) is 17.7. The number of benzene rings is 3. The molecule has 0 spiro atoms. The normalized spacial score (nSPS) is 11.3. The molecule has 0 saturated heterocycles. The van der Waals surface area contributed by atoms with Crippen molar-refractivity contribution < 1.29 is 4.79 Å². The predicted molar refractivity (Wildman–Crippen MR) is 125 cm³/mol. The number of carbonyl (C=O) groups is 1. The van der Waals surface area contributed by atoms with E-state index < -0.39 is 11.3 Å². The maximum atomic E-state index is 13.2. The first-order chi connectivity index (χ1) is 14.5. The van der Waals surface area contributed by atoms with Crippen molar-refractivity contribution in [1.82, 2.24) is 4.98 Å². The van der Waals surface area contributed by atoms with E-state index in [1.165, 1.54) is 12.2 Å². The molecule has 1 heterocycles. The fourth-order valence-corrected chi connectivity index (χ4v) is 3.98. The van der Waals surface area contributed by atoms with Crippen LogP contribution in [0.15, 0.2) is 77.6 Å². The zero-order valence-electron chi connectivity index (χ0n) is 15.5. The Kier molecular flexibility index (Phi) is 5.78. The molecule has 0 aliphatic carbocycles. The number of fused-ring (bicyclic) bond motifs is 1. The summed E-state index contributed by atoms with van der Waals surface area (Å²) in [6, 6.07) is 19.9. The number of carbonyl (C=O) groups excluding carboxylic acids is 1. The number of halogens is 3. The molecule has 30 heavy (non-hydrogen) atoms.